The molecule has 0 saturated carbocycles. The molecule has 1 aliphatic carbocycles. The minimum Gasteiger partial charge on any atom is -0.462 e. The Morgan fingerprint density at radius 2 is 1.86 bits per heavy atom. The number of hydrogen-bond acceptors (Lipinski definition) is 5. The number of rotatable bonds is 7. The van der Waals surface area contributed by atoms with Crippen molar-refractivity contribution in [1.29, 1.82) is 0 Å². The molecule has 1 aromatic heterocycles. The first-order valence-electron chi connectivity index (χ1n) is 9.95. The van der Waals surface area contributed by atoms with Crippen molar-refractivity contribution in [2.75, 3.05) is 17.7 Å². The minimum absolute atomic E-state index is 0.0992. The summed E-state index contributed by atoms with van der Waals surface area (Å²) in [6.45, 7) is 4.26. The lowest BCUT2D eigenvalue weighted by molar-refractivity contribution is -0.115. The number of thiophene rings is 1. The maximum atomic E-state index is 12.6. The van der Waals surface area contributed by atoms with Gasteiger partial charge < -0.3 is 10.1 Å². The highest BCUT2D eigenvalue weighted by Crippen LogP contribution is 2.38. The number of anilines is 1. The molecule has 6 heteroatoms. The van der Waals surface area contributed by atoms with Crippen molar-refractivity contribution < 1.29 is 14.3 Å². The number of aryl methyl sites for hydroxylation is 1. The molecule has 0 saturated heterocycles. The normalized spacial score (nSPS) is 13.5. The van der Waals surface area contributed by atoms with E-state index in [4.69, 9.17) is 4.74 Å². The van der Waals surface area contributed by atoms with Crippen LogP contribution in [0.4, 0.5) is 5.00 Å². The highest BCUT2D eigenvalue weighted by atomic mass is 32.2. The van der Waals surface area contributed by atoms with Crippen LogP contribution in [0.3, 0.4) is 0 Å². The Hall–Kier alpha value is -1.79. The van der Waals surface area contributed by atoms with E-state index in [1.807, 2.05) is 31.2 Å². The van der Waals surface area contributed by atoms with Gasteiger partial charge in [0.2, 0.25) is 5.91 Å². The Morgan fingerprint density at radius 1 is 1.11 bits per heavy atom. The van der Waals surface area contributed by atoms with Gasteiger partial charge in [-0.15, -0.1) is 23.1 Å². The fourth-order valence-corrected chi connectivity index (χ4v) is 5.43. The van der Waals surface area contributed by atoms with Gasteiger partial charge in [0, 0.05) is 9.77 Å². The fraction of sp³-hybridized carbons (Fsp3) is 0.455. The summed E-state index contributed by atoms with van der Waals surface area (Å²) in [6.07, 6.45) is 5.53. The van der Waals surface area contributed by atoms with Gasteiger partial charge >= 0.3 is 5.97 Å². The monoisotopic (exact) mass is 417 g/mol. The van der Waals surface area contributed by atoms with Crippen LogP contribution in [0.5, 0.6) is 0 Å². The van der Waals surface area contributed by atoms with E-state index in [-0.39, 0.29) is 11.9 Å². The summed E-state index contributed by atoms with van der Waals surface area (Å²) in [4.78, 5) is 27.7. The number of carbonyl (C=O) groups is 2. The molecule has 1 amide bonds. The molecule has 1 aliphatic rings. The van der Waals surface area contributed by atoms with Crippen LogP contribution < -0.4 is 5.32 Å². The molecule has 3 rings (SSSR count). The minimum atomic E-state index is -0.321. The predicted octanol–water partition coefficient (Wildman–Crippen LogP) is 5.49. The summed E-state index contributed by atoms with van der Waals surface area (Å²) in [7, 11) is 0. The number of hydrogen-bond donors (Lipinski definition) is 1. The third-order valence-electron chi connectivity index (χ3n) is 4.75. The average molecular weight is 418 g/mol. The smallest absolute Gasteiger partial charge is 0.341 e. The zero-order valence-electron chi connectivity index (χ0n) is 16.5. The maximum Gasteiger partial charge on any atom is 0.341 e. The first kappa shape index (κ1) is 20.9. The Morgan fingerprint density at radius 3 is 2.57 bits per heavy atom. The van der Waals surface area contributed by atoms with Crippen molar-refractivity contribution in [3.8, 4) is 0 Å². The summed E-state index contributed by atoms with van der Waals surface area (Å²) >= 11 is 3.32. The standard InChI is InChI=1S/C22H27NO3S2/c1-3-26-22(25)20-17-8-6-5-7-9-18(17)28-21(20)23-19(24)14-15-10-12-16(13-11-15)27-4-2/h10-13H,3-9,14H2,1-2H3,(H,23,24). The van der Waals surface area contributed by atoms with Gasteiger partial charge in [-0.3, -0.25) is 4.79 Å². The van der Waals surface area contributed by atoms with Crippen molar-refractivity contribution in [3.05, 3.63) is 45.8 Å². The van der Waals surface area contributed by atoms with Crippen LogP contribution in [0.15, 0.2) is 29.2 Å². The second-order valence-corrected chi connectivity index (χ2v) is 9.23. The van der Waals surface area contributed by atoms with Crippen LogP contribution in [0.25, 0.3) is 0 Å². The van der Waals surface area contributed by atoms with Crippen molar-refractivity contribution in [2.45, 2.75) is 57.3 Å². The van der Waals surface area contributed by atoms with E-state index in [1.165, 1.54) is 16.2 Å². The van der Waals surface area contributed by atoms with Gasteiger partial charge in [0.1, 0.15) is 5.00 Å². The van der Waals surface area contributed by atoms with E-state index in [2.05, 4.69) is 12.2 Å². The largest absolute Gasteiger partial charge is 0.462 e. The lowest BCUT2D eigenvalue weighted by Crippen LogP contribution is -2.17. The first-order chi connectivity index (χ1) is 13.6. The van der Waals surface area contributed by atoms with Gasteiger partial charge in [-0.25, -0.2) is 4.79 Å². The third-order valence-corrected chi connectivity index (χ3v) is 6.85. The van der Waals surface area contributed by atoms with Crippen LogP contribution in [0.2, 0.25) is 0 Å². The van der Waals surface area contributed by atoms with Crippen LogP contribution >= 0.6 is 23.1 Å². The zero-order valence-corrected chi connectivity index (χ0v) is 18.1. The molecule has 2 aromatic rings. The number of thioether (sulfide) groups is 1. The lowest BCUT2D eigenvalue weighted by Gasteiger charge is -2.09. The summed E-state index contributed by atoms with van der Waals surface area (Å²) < 4.78 is 5.28. The molecule has 0 bridgehead atoms. The molecule has 4 nitrogen and oxygen atoms in total. The van der Waals surface area contributed by atoms with Crippen LogP contribution in [0, 0.1) is 0 Å². The number of esters is 1. The molecule has 0 spiro atoms. The van der Waals surface area contributed by atoms with E-state index < -0.39 is 0 Å². The van der Waals surface area contributed by atoms with Gasteiger partial charge in [-0.1, -0.05) is 25.5 Å². The Kier molecular flexibility index (Phi) is 7.57. The van der Waals surface area contributed by atoms with E-state index in [0.717, 1.165) is 42.6 Å². The number of carbonyl (C=O) groups excluding carboxylic acids is 2. The van der Waals surface area contributed by atoms with Gasteiger partial charge in [0.25, 0.3) is 0 Å². The van der Waals surface area contributed by atoms with Crippen molar-refractivity contribution >= 4 is 40.0 Å². The topological polar surface area (TPSA) is 55.4 Å². The number of benzene rings is 1. The Bertz CT molecular complexity index is 827. The number of ether oxygens (including phenoxy) is 1. The maximum absolute atomic E-state index is 12.6. The second kappa shape index (κ2) is 10.1. The van der Waals surface area contributed by atoms with Crippen molar-refractivity contribution in [2.24, 2.45) is 0 Å². The van der Waals surface area contributed by atoms with E-state index in [0.29, 0.717) is 23.6 Å². The molecule has 1 N–H and O–H groups in total. The first-order valence-corrected chi connectivity index (χ1v) is 11.8. The second-order valence-electron chi connectivity index (χ2n) is 6.79. The number of fused-ring (bicyclic) bond motifs is 1. The molecular formula is C22H27NO3S2. The van der Waals surface area contributed by atoms with E-state index in [9.17, 15) is 9.59 Å². The van der Waals surface area contributed by atoms with Gasteiger partial charge in [0.05, 0.1) is 18.6 Å². The zero-order chi connectivity index (χ0) is 19.9. The summed E-state index contributed by atoms with van der Waals surface area (Å²) in [6, 6.07) is 8.09. The molecule has 0 aliphatic heterocycles. The predicted molar refractivity (Wildman–Crippen MR) is 117 cm³/mol. The van der Waals surface area contributed by atoms with Crippen molar-refractivity contribution in [3.63, 3.8) is 0 Å². The average Bonchev–Trinajstić information content (AvgIpc) is 2.84. The fourth-order valence-electron chi connectivity index (χ4n) is 3.48. The third kappa shape index (κ3) is 5.17. The van der Waals surface area contributed by atoms with Crippen LogP contribution in [-0.4, -0.2) is 24.2 Å². The summed E-state index contributed by atoms with van der Waals surface area (Å²) in [5.41, 5.74) is 2.62. The van der Waals surface area contributed by atoms with Gasteiger partial charge in [-0.05, 0) is 61.6 Å². The molecule has 0 atom stereocenters. The lowest BCUT2D eigenvalue weighted by atomic mass is 10.1. The number of amides is 1. The summed E-state index contributed by atoms with van der Waals surface area (Å²) in [5, 5.41) is 3.64. The number of nitrogens with one attached hydrogen (secondary N) is 1. The molecular weight excluding hydrogens is 390 g/mol. The molecule has 0 unspecified atom stereocenters. The Balaban J connectivity index is 1.76. The highest BCUT2D eigenvalue weighted by Gasteiger charge is 2.26. The van der Waals surface area contributed by atoms with Gasteiger partial charge in [-0.2, -0.15) is 0 Å². The molecule has 1 heterocycles. The van der Waals surface area contributed by atoms with E-state index >= 15 is 0 Å². The molecule has 0 radical (unpaired) electrons. The van der Waals surface area contributed by atoms with Crippen molar-refractivity contribution in [1.82, 2.24) is 0 Å². The molecule has 1 aromatic carbocycles. The SMILES string of the molecule is CCOC(=O)c1c(NC(=O)Cc2ccc(SCC)cc2)sc2c1CCCCC2. The molecule has 0 fully saturated rings. The summed E-state index contributed by atoms with van der Waals surface area (Å²) in [5.74, 6) is 0.607. The quantitative estimate of drug-likeness (QED) is 0.368. The molecule has 28 heavy (non-hydrogen) atoms. The van der Waals surface area contributed by atoms with Gasteiger partial charge in [0.15, 0.2) is 0 Å². The highest BCUT2D eigenvalue weighted by molar-refractivity contribution is 7.99. The molecule has 150 valence electrons. The van der Waals surface area contributed by atoms with E-state index in [1.54, 1.807) is 23.1 Å². The van der Waals surface area contributed by atoms with Crippen LogP contribution in [-0.2, 0) is 28.8 Å². The van der Waals surface area contributed by atoms with Crippen LogP contribution in [0.1, 0.15) is 59.5 Å². The Labute approximate surface area is 175 Å².